The van der Waals surface area contributed by atoms with Gasteiger partial charge in [-0.05, 0) is 50.5 Å². The van der Waals surface area contributed by atoms with Crippen LogP contribution in [0.2, 0.25) is 0 Å². The predicted octanol–water partition coefficient (Wildman–Crippen LogP) is 3.44. The van der Waals surface area contributed by atoms with Gasteiger partial charge in [-0.3, -0.25) is 9.59 Å². The minimum Gasteiger partial charge on any atom is -0.341 e. The van der Waals surface area contributed by atoms with Crippen LogP contribution in [0.1, 0.15) is 35.7 Å². The Hall–Kier alpha value is -2.98. The third kappa shape index (κ3) is 5.87. The molecular weight excluding hydrogens is 500 g/mol. The minimum atomic E-state index is -3.84. The lowest BCUT2D eigenvalue weighted by molar-refractivity contribution is -0.133. The Bertz CT molecular complexity index is 1370. The van der Waals surface area contributed by atoms with Crippen molar-refractivity contribution in [3.05, 3.63) is 71.8 Å². The molecule has 192 valence electrons. The Balaban J connectivity index is 0.00000361. The second kappa shape index (κ2) is 11.4. The van der Waals surface area contributed by atoms with Gasteiger partial charge < -0.3 is 16.0 Å². The number of amides is 2. The number of likely N-dealkylation sites (tertiary alicyclic amines) is 1. The van der Waals surface area contributed by atoms with Crippen molar-refractivity contribution in [2.75, 3.05) is 18.4 Å². The van der Waals surface area contributed by atoms with Gasteiger partial charge in [-0.25, -0.2) is 13.1 Å². The lowest BCUT2D eigenvalue weighted by Gasteiger charge is -2.33. The van der Waals surface area contributed by atoms with Gasteiger partial charge in [0, 0.05) is 41.2 Å². The molecule has 1 saturated heterocycles. The maximum absolute atomic E-state index is 13.3. The van der Waals surface area contributed by atoms with E-state index in [0.717, 1.165) is 5.56 Å². The van der Waals surface area contributed by atoms with Crippen molar-refractivity contribution in [3.8, 4) is 0 Å². The number of carbonyl (C=O) groups is 2. The number of carbonyl (C=O) groups excluding carboxylic acids is 2. The van der Waals surface area contributed by atoms with Gasteiger partial charge in [-0.1, -0.05) is 42.5 Å². The van der Waals surface area contributed by atoms with Crippen LogP contribution in [0.3, 0.4) is 0 Å². The number of sulfonamides is 1. The van der Waals surface area contributed by atoms with E-state index in [-0.39, 0.29) is 35.2 Å². The second-order valence-corrected chi connectivity index (χ2v) is 10.6. The normalized spacial score (nSPS) is 15.2. The standard InChI is InChI=1S/C26H30N4O4S.ClH/c1-17-7-3-4-8-20(17)25(31)28-23-11-12-24(22-10-6-5-9-21(22)23)35(33,34)29-19-13-15-30(16-14-19)26(32)18(2)27;/h3-12,18-19,29H,13-16,27H2,1-2H3,(H,28,31);1H/t18-;/m0./s1. The number of fused-ring (bicyclic) bond motifs is 1. The summed E-state index contributed by atoms with van der Waals surface area (Å²) in [7, 11) is -3.84. The molecule has 2 amide bonds. The molecule has 4 rings (SSSR count). The average Bonchev–Trinajstić information content (AvgIpc) is 2.84. The molecule has 36 heavy (non-hydrogen) atoms. The van der Waals surface area contributed by atoms with Crippen molar-refractivity contribution in [2.45, 2.75) is 43.7 Å². The zero-order chi connectivity index (χ0) is 25.2. The lowest BCUT2D eigenvalue weighted by atomic mass is 10.1. The summed E-state index contributed by atoms with van der Waals surface area (Å²) < 4.78 is 29.5. The van der Waals surface area contributed by atoms with E-state index in [1.165, 1.54) is 6.07 Å². The van der Waals surface area contributed by atoms with Crippen LogP contribution in [0.25, 0.3) is 10.8 Å². The molecule has 1 aliphatic heterocycles. The number of aryl methyl sites for hydroxylation is 1. The number of hydrogen-bond acceptors (Lipinski definition) is 5. The quantitative estimate of drug-likeness (QED) is 0.450. The molecule has 1 aliphatic rings. The van der Waals surface area contributed by atoms with Gasteiger partial charge in [0.1, 0.15) is 0 Å². The number of hydrogen-bond donors (Lipinski definition) is 3. The number of nitrogens with one attached hydrogen (secondary N) is 2. The Morgan fingerprint density at radius 2 is 1.58 bits per heavy atom. The highest BCUT2D eigenvalue weighted by molar-refractivity contribution is 7.89. The monoisotopic (exact) mass is 530 g/mol. The molecule has 1 heterocycles. The molecular formula is C26H31ClN4O4S. The first kappa shape index (κ1) is 27.6. The molecule has 0 aliphatic carbocycles. The molecule has 1 atom stereocenters. The fourth-order valence-electron chi connectivity index (χ4n) is 4.42. The van der Waals surface area contributed by atoms with E-state index in [4.69, 9.17) is 5.73 Å². The summed E-state index contributed by atoms with van der Waals surface area (Å²) >= 11 is 0. The van der Waals surface area contributed by atoms with Crippen LogP contribution in [0.5, 0.6) is 0 Å². The molecule has 1 fully saturated rings. The molecule has 0 unspecified atom stereocenters. The molecule has 0 aromatic heterocycles. The summed E-state index contributed by atoms with van der Waals surface area (Å²) in [4.78, 5) is 26.8. The van der Waals surface area contributed by atoms with Crippen molar-refractivity contribution in [3.63, 3.8) is 0 Å². The number of nitrogens with two attached hydrogens (primary N) is 1. The van der Waals surface area contributed by atoms with Crippen LogP contribution in [-0.2, 0) is 14.8 Å². The van der Waals surface area contributed by atoms with Gasteiger partial charge in [0.05, 0.1) is 10.9 Å². The van der Waals surface area contributed by atoms with Crippen molar-refractivity contribution in [1.82, 2.24) is 9.62 Å². The fourth-order valence-corrected chi connectivity index (χ4v) is 5.94. The van der Waals surface area contributed by atoms with Gasteiger partial charge in [0.15, 0.2) is 0 Å². The molecule has 8 nitrogen and oxygen atoms in total. The third-order valence-corrected chi connectivity index (χ3v) is 7.91. The van der Waals surface area contributed by atoms with Crippen molar-refractivity contribution in [2.24, 2.45) is 5.73 Å². The van der Waals surface area contributed by atoms with E-state index in [1.54, 1.807) is 54.3 Å². The Kier molecular flexibility index (Phi) is 8.73. The van der Waals surface area contributed by atoms with Crippen molar-refractivity contribution >= 4 is 50.7 Å². The van der Waals surface area contributed by atoms with E-state index in [1.807, 2.05) is 19.1 Å². The first-order valence-corrected chi connectivity index (χ1v) is 13.1. The highest BCUT2D eigenvalue weighted by Gasteiger charge is 2.28. The third-order valence-electron chi connectivity index (χ3n) is 6.33. The van der Waals surface area contributed by atoms with Crippen molar-refractivity contribution in [1.29, 1.82) is 0 Å². The highest BCUT2D eigenvalue weighted by Crippen LogP contribution is 2.30. The maximum Gasteiger partial charge on any atom is 0.255 e. The summed E-state index contributed by atoms with van der Waals surface area (Å²) in [5.74, 6) is -0.379. The molecule has 0 bridgehead atoms. The van der Waals surface area contributed by atoms with Gasteiger partial charge in [0.2, 0.25) is 15.9 Å². The molecule has 0 saturated carbocycles. The molecule has 0 spiro atoms. The number of anilines is 1. The van der Waals surface area contributed by atoms with Crippen LogP contribution < -0.4 is 15.8 Å². The molecule has 3 aromatic rings. The van der Waals surface area contributed by atoms with E-state index in [0.29, 0.717) is 48.0 Å². The average molecular weight is 531 g/mol. The Labute approximate surface area is 217 Å². The summed E-state index contributed by atoms with van der Waals surface area (Å²) in [5, 5.41) is 4.08. The zero-order valence-electron chi connectivity index (χ0n) is 20.2. The highest BCUT2D eigenvalue weighted by atomic mass is 35.5. The van der Waals surface area contributed by atoms with Gasteiger partial charge in [-0.2, -0.15) is 0 Å². The first-order valence-electron chi connectivity index (χ1n) is 11.6. The number of benzene rings is 3. The number of rotatable bonds is 6. The van der Waals surface area contributed by atoms with Crippen LogP contribution in [0.4, 0.5) is 5.69 Å². The van der Waals surface area contributed by atoms with Gasteiger partial charge in [0.25, 0.3) is 5.91 Å². The van der Waals surface area contributed by atoms with Crippen molar-refractivity contribution < 1.29 is 18.0 Å². The molecule has 10 heteroatoms. The maximum atomic E-state index is 13.3. The van der Waals surface area contributed by atoms with Gasteiger partial charge >= 0.3 is 0 Å². The lowest BCUT2D eigenvalue weighted by Crippen LogP contribution is -2.50. The predicted molar refractivity (Wildman–Crippen MR) is 144 cm³/mol. The van der Waals surface area contributed by atoms with Crippen LogP contribution in [-0.4, -0.2) is 50.3 Å². The summed E-state index contributed by atoms with van der Waals surface area (Å²) in [6.07, 6.45) is 1.03. The summed E-state index contributed by atoms with van der Waals surface area (Å²) in [6, 6.07) is 16.7. The summed E-state index contributed by atoms with van der Waals surface area (Å²) in [6.45, 7) is 4.43. The first-order chi connectivity index (χ1) is 16.7. The smallest absolute Gasteiger partial charge is 0.255 e. The zero-order valence-corrected chi connectivity index (χ0v) is 21.9. The van der Waals surface area contributed by atoms with E-state index in [9.17, 15) is 18.0 Å². The van der Waals surface area contributed by atoms with Crippen LogP contribution in [0, 0.1) is 6.92 Å². The topological polar surface area (TPSA) is 122 Å². The number of piperidine rings is 1. The molecule has 4 N–H and O–H groups in total. The van der Waals surface area contributed by atoms with Crippen LogP contribution >= 0.6 is 12.4 Å². The van der Waals surface area contributed by atoms with E-state index >= 15 is 0 Å². The largest absolute Gasteiger partial charge is 0.341 e. The number of halogens is 1. The fraction of sp³-hybridized carbons (Fsp3) is 0.308. The second-order valence-electron chi connectivity index (χ2n) is 8.94. The summed E-state index contributed by atoms with van der Waals surface area (Å²) in [5.41, 5.74) is 7.64. The Morgan fingerprint density at radius 1 is 0.972 bits per heavy atom. The van der Waals surface area contributed by atoms with E-state index in [2.05, 4.69) is 10.0 Å². The van der Waals surface area contributed by atoms with Gasteiger partial charge in [-0.15, -0.1) is 12.4 Å². The molecule has 0 radical (unpaired) electrons. The SMILES string of the molecule is Cc1ccccc1C(=O)Nc1ccc(S(=O)(=O)NC2CCN(C(=O)[C@H](C)N)CC2)c2ccccc12.Cl. The minimum absolute atomic E-state index is 0. The van der Waals surface area contributed by atoms with E-state index < -0.39 is 16.1 Å². The number of nitrogens with zero attached hydrogens (tertiary/aromatic N) is 1. The van der Waals surface area contributed by atoms with Crippen LogP contribution in [0.15, 0.2) is 65.6 Å². The Morgan fingerprint density at radius 3 is 2.22 bits per heavy atom. The molecule has 3 aromatic carbocycles.